The maximum atomic E-state index is 11.2. The number of rotatable bonds is 5. The number of carbonyl (C=O) groups excluding carboxylic acids is 1. The molecule has 0 atom stereocenters. The molecule has 0 bridgehead atoms. The monoisotopic (exact) mass is 302 g/mol. The quantitative estimate of drug-likeness (QED) is 0.610. The number of ether oxygens (including phenoxy) is 1. The second-order valence-corrected chi connectivity index (χ2v) is 5.43. The number of hydrogen-bond donors (Lipinski definition) is 0. The maximum absolute atomic E-state index is 11.2. The summed E-state index contributed by atoms with van der Waals surface area (Å²) < 4.78 is 5.76. The zero-order chi connectivity index (χ0) is 16.1. The van der Waals surface area contributed by atoms with Crippen molar-refractivity contribution in [2.75, 3.05) is 0 Å². The molecule has 3 aromatic carbocycles. The summed E-state index contributed by atoms with van der Waals surface area (Å²) in [5, 5.41) is 0. The van der Waals surface area contributed by atoms with E-state index in [1.165, 1.54) is 11.1 Å². The summed E-state index contributed by atoms with van der Waals surface area (Å²) in [5.74, 6) is 0.829. The average molecular weight is 302 g/mol. The van der Waals surface area contributed by atoms with Crippen molar-refractivity contribution in [2.24, 2.45) is 0 Å². The second kappa shape index (κ2) is 6.93. The third-order valence-corrected chi connectivity index (χ3v) is 3.73. The van der Waals surface area contributed by atoms with Crippen LogP contribution in [0.4, 0.5) is 0 Å². The van der Waals surface area contributed by atoms with E-state index < -0.39 is 0 Å². The highest BCUT2D eigenvalue weighted by Crippen LogP contribution is 2.20. The molecule has 114 valence electrons. The van der Waals surface area contributed by atoms with E-state index in [0.29, 0.717) is 12.2 Å². The lowest BCUT2D eigenvalue weighted by atomic mass is 10.0. The first-order chi connectivity index (χ1) is 11.2. The molecular formula is C21H18O2. The zero-order valence-electron chi connectivity index (χ0n) is 13.0. The van der Waals surface area contributed by atoms with Crippen molar-refractivity contribution in [3.63, 3.8) is 0 Å². The molecule has 0 fully saturated rings. The third kappa shape index (κ3) is 3.86. The van der Waals surface area contributed by atoms with Gasteiger partial charge in [0.1, 0.15) is 12.4 Å². The Hall–Kier alpha value is -2.87. The number of benzene rings is 3. The van der Waals surface area contributed by atoms with Gasteiger partial charge in [0, 0.05) is 5.56 Å². The topological polar surface area (TPSA) is 26.3 Å². The Labute approximate surface area is 136 Å². The lowest BCUT2D eigenvalue weighted by Gasteiger charge is -2.08. The molecule has 3 aromatic rings. The molecule has 0 aliphatic carbocycles. The lowest BCUT2D eigenvalue weighted by molar-refractivity contribution is 0.101. The van der Waals surface area contributed by atoms with Crippen molar-refractivity contribution in [1.29, 1.82) is 0 Å². The molecule has 2 nitrogen and oxygen atoms in total. The Morgan fingerprint density at radius 1 is 0.783 bits per heavy atom. The summed E-state index contributed by atoms with van der Waals surface area (Å²) >= 11 is 0. The van der Waals surface area contributed by atoms with Gasteiger partial charge in [0.25, 0.3) is 0 Å². The molecule has 0 saturated heterocycles. The van der Waals surface area contributed by atoms with Gasteiger partial charge in [-0.05, 0) is 47.9 Å². The smallest absolute Gasteiger partial charge is 0.159 e. The first-order valence-corrected chi connectivity index (χ1v) is 7.60. The molecule has 0 heterocycles. The number of Topliss-reactive ketones (excluding diaryl/α,β-unsaturated/α-hetero) is 1. The van der Waals surface area contributed by atoms with Gasteiger partial charge >= 0.3 is 0 Å². The highest BCUT2D eigenvalue weighted by atomic mass is 16.5. The van der Waals surface area contributed by atoms with Crippen molar-refractivity contribution in [3.05, 3.63) is 90.0 Å². The Balaban J connectivity index is 1.63. The minimum absolute atomic E-state index is 0.0630. The highest BCUT2D eigenvalue weighted by Gasteiger charge is 2.01. The van der Waals surface area contributed by atoms with Crippen molar-refractivity contribution in [2.45, 2.75) is 13.5 Å². The maximum Gasteiger partial charge on any atom is 0.159 e. The first kappa shape index (κ1) is 15.0. The molecule has 0 amide bonds. The van der Waals surface area contributed by atoms with Crippen LogP contribution in [0, 0.1) is 0 Å². The van der Waals surface area contributed by atoms with Crippen molar-refractivity contribution in [3.8, 4) is 16.9 Å². The molecule has 0 radical (unpaired) electrons. The van der Waals surface area contributed by atoms with Gasteiger partial charge in [-0.25, -0.2) is 0 Å². The third-order valence-electron chi connectivity index (χ3n) is 3.73. The summed E-state index contributed by atoms with van der Waals surface area (Å²) in [4.78, 5) is 11.2. The Morgan fingerprint density at radius 2 is 1.39 bits per heavy atom. The van der Waals surface area contributed by atoms with E-state index >= 15 is 0 Å². The van der Waals surface area contributed by atoms with Crippen LogP contribution in [0.15, 0.2) is 78.9 Å². The Morgan fingerprint density at radius 3 is 2.00 bits per heavy atom. The van der Waals surface area contributed by atoms with Gasteiger partial charge in [-0.2, -0.15) is 0 Å². The van der Waals surface area contributed by atoms with Gasteiger partial charge in [-0.15, -0.1) is 0 Å². The average Bonchev–Trinajstić information content (AvgIpc) is 2.61. The zero-order valence-corrected chi connectivity index (χ0v) is 13.0. The normalized spacial score (nSPS) is 10.3. The molecule has 0 aliphatic rings. The van der Waals surface area contributed by atoms with Gasteiger partial charge in [-0.3, -0.25) is 4.79 Å². The van der Waals surface area contributed by atoms with Crippen LogP contribution in [-0.2, 0) is 6.61 Å². The summed E-state index contributed by atoms with van der Waals surface area (Å²) in [5.41, 5.74) is 4.21. The second-order valence-electron chi connectivity index (χ2n) is 5.43. The fourth-order valence-corrected chi connectivity index (χ4v) is 2.38. The molecule has 0 aromatic heterocycles. The molecule has 0 unspecified atom stereocenters. The Bertz CT molecular complexity index is 772. The fourth-order valence-electron chi connectivity index (χ4n) is 2.38. The highest BCUT2D eigenvalue weighted by molar-refractivity contribution is 5.94. The summed E-state index contributed by atoms with van der Waals surface area (Å²) in [6, 6.07) is 25.9. The van der Waals surface area contributed by atoms with E-state index in [0.717, 1.165) is 11.3 Å². The Kier molecular flexibility index (Phi) is 4.53. The lowest BCUT2D eigenvalue weighted by Crippen LogP contribution is -1.96. The van der Waals surface area contributed by atoms with Gasteiger partial charge in [0.2, 0.25) is 0 Å². The van der Waals surface area contributed by atoms with E-state index in [-0.39, 0.29) is 5.78 Å². The minimum atomic E-state index is 0.0630. The van der Waals surface area contributed by atoms with E-state index in [1.54, 1.807) is 19.1 Å². The SMILES string of the molecule is CC(=O)c1ccc(OCc2ccc(-c3ccccc3)cc2)cc1. The molecule has 0 aliphatic heterocycles. The molecule has 0 saturated carbocycles. The summed E-state index contributed by atoms with van der Waals surface area (Å²) in [7, 11) is 0. The van der Waals surface area contributed by atoms with Crippen molar-refractivity contribution in [1.82, 2.24) is 0 Å². The predicted molar refractivity (Wildman–Crippen MR) is 92.7 cm³/mol. The summed E-state index contributed by atoms with van der Waals surface area (Å²) in [6.45, 7) is 2.07. The van der Waals surface area contributed by atoms with Crippen LogP contribution in [0.25, 0.3) is 11.1 Å². The van der Waals surface area contributed by atoms with E-state index in [4.69, 9.17) is 4.74 Å². The van der Waals surface area contributed by atoms with Crippen LogP contribution < -0.4 is 4.74 Å². The van der Waals surface area contributed by atoms with Crippen LogP contribution >= 0.6 is 0 Å². The van der Waals surface area contributed by atoms with E-state index in [2.05, 4.69) is 36.4 Å². The minimum Gasteiger partial charge on any atom is -0.489 e. The van der Waals surface area contributed by atoms with Crippen molar-refractivity contribution < 1.29 is 9.53 Å². The summed E-state index contributed by atoms with van der Waals surface area (Å²) in [6.07, 6.45) is 0. The number of carbonyl (C=O) groups is 1. The first-order valence-electron chi connectivity index (χ1n) is 7.60. The molecule has 3 rings (SSSR count). The standard InChI is InChI=1S/C21H18O2/c1-16(22)18-11-13-21(14-12-18)23-15-17-7-9-20(10-8-17)19-5-3-2-4-6-19/h2-14H,15H2,1H3. The van der Waals surface area contributed by atoms with Gasteiger partial charge in [0.05, 0.1) is 0 Å². The van der Waals surface area contributed by atoms with Crippen LogP contribution in [0.2, 0.25) is 0 Å². The fraction of sp³-hybridized carbons (Fsp3) is 0.0952. The largest absolute Gasteiger partial charge is 0.489 e. The van der Waals surface area contributed by atoms with Crippen LogP contribution in [0.1, 0.15) is 22.8 Å². The number of ketones is 1. The van der Waals surface area contributed by atoms with E-state index in [1.807, 2.05) is 30.3 Å². The van der Waals surface area contributed by atoms with E-state index in [9.17, 15) is 4.79 Å². The molecule has 0 spiro atoms. The molecular weight excluding hydrogens is 284 g/mol. The van der Waals surface area contributed by atoms with Crippen LogP contribution in [0.5, 0.6) is 5.75 Å². The van der Waals surface area contributed by atoms with Crippen molar-refractivity contribution >= 4 is 5.78 Å². The van der Waals surface area contributed by atoms with Crippen LogP contribution in [0.3, 0.4) is 0 Å². The molecule has 0 N–H and O–H groups in total. The van der Waals surface area contributed by atoms with Crippen LogP contribution in [-0.4, -0.2) is 5.78 Å². The molecule has 23 heavy (non-hydrogen) atoms. The van der Waals surface area contributed by atoms with Gasteiger partial charge < -0.3 is 4.74 Å². The molecule has 2 heteroatoms. The van der Waals surface area contributed by atoms with Gasteiger partial charge in [0.15, 0.2) is 5.78 Å². The predicted octanol–water partition coefficient (Wildman–Crippen LogP) is 5.14. The number of hydrogen-bond acceptors (Lipinski definition) is 2. The van der Waals surface area contributed by atoms with Gasteiger partial charge in [-0.1, -0.05) is 54.6 Å².